The highest BCUT2D eigenvalue weighted by molar-refractivity contribution is 8.86. The summed E-state index contributed by atoms with van der Waals surface area (Å²) in [6.45, 7) is 9.05. The number of hydrogen-bond acceptors (Lipinski definition) is 2. The lowest BCUT2D eigenvalue weighted by Crippen LogP contribution is -2.36. The molecule has 1 unspecified atom stereocenters. The van der Waals surface area contributed by atoms with Crippen molar-refractivity contribution in [2.24, 2.45) is 10.8 Å². The van der Waals surface area contributed by atoms with E-state index < -0.39 is 9.83 Å². The van der Waals surface area contributed by atoms with Crippen molar-refractivity contribution in [2.45, 2.75) is 44.6 Å². The predicted molar refractivity (Wildman–Crippen MR) is 55.3 cm³/mol. The number of hydrogen-bond donors (Lipinski definition) is 0. The van der Waals surface area contributed by atoms with Gasteiger partial charge in [0.05, 0.1) is 0 Å². The van der Waals surface area contributed by atoms with E-state index in [1.807, 2.05) is 0 Å². The van der Waals surface area contributed by atoms with E-state index in [1.54, 1.807) is 10.8 Å². The molecular formula is C9H16OS2. The van der Waals surface area contributed by atoms with Crippen molar-refractivity contribution in [1.29, 1.82) is 0 Å². The van der Waals surface area contributed by atoms with Gasteiger partial charge in [0.15, 0.2) is 0 Å². The molecule has 2 aliphatic rings. The van der Waals surface area contributed by atoms with Gasteiger partial charge in [0, 0.05) is 0 Å². The molecule has 2 rings (SSSR count). The lowest BCUT2D eigenvalue weighted by molar-refractivity contribution is 0.297. The highest BCUT2D eigenvalue weighted by Crippen LogP contribution is 2.76. The van der Waals surface area contributed by atoms with Gasteiger partial charge in [-0.1, -0.05) is 27.7 Å². The Morgan fingerprint density at radius 3 is 1.58 bits per heavy atom. The zero-order valence-corrected chi connectivity index (χ0v) is 9.77. The van der Waals surface area contributed by atoms with Crippen LogP contribution < -0.4 is 0 Å². The van der Waals surface area contributed by atoms with Crippen molar-refractivity contribution in [1.82, 2.24) is 0 Å². The normalized spacial score (nSPS) is 40.2. The maximum Gasteiger partial charge on any atom is 0.124 e. The molecule has 1 nitrogen and oxygen atoms in total. The van der Waals surface area contributed by atoms with Gasteiger partial charge < -0.3 is 0 Å². The van der Waals surface area contributed by atoms with Crippen LogP contribution in [0, 0.1) is 10.8 Å². The minimum absolute atomic E-state index is 0.0833. The summed E-state index contributed by atoms with van der Waals surface area (Å²) in [6.07, 6.45) is 2.44. The molecule has 1 spiro atoms. The SMILES string of the molecule is CC1(C)CCC(C)(C)C12SS2=O. The van der Waals surface area contributed by atoms with E-state index in [0.29, 0.717) is 0 Å². The molecule has 0 amide bonds. The highest BCUT2D eigenvalue weighted by Gasteiger charge is 2.74. The lowest BCUT2D eigenvalue weighted by atomic mass is 9.83. The highest BCUT2D eigenvalue weighted by atomic mass is 33.2. The summed E-state index contributed by atoms with van der Waals surface area (Å²) in [5, 5.41) is 0. The van der Waals surface area contributed by atoms with Gasteiger partial charge in [-0.05, 0) is 34.5 Å². The van der Waals surface area contributed by atoms with Gasteiger partial charge in [0.1, 0.15) is 13.9 Å². The van der Waals surface area contributed by atoms with Gasteiger partial charge in [-0.2, -0.15) is 0 Å². The first-order chi connectivity index (χ1) is 5.33. The van der Waals surface area contributed by atoms with E-state index >= 15 is 0 Å². The fraction of sp³-hybridized carbons (Fsp3) is 1.00. The Morgan fingerprint density at radius 2 is 1.42 bits per heavy atom. The van der Waals surface area contributed by atoms with E-state index in [2.05, 4.69) is 27.7 Å². The van der Waals surface area contributed by atoms with Crippen LogP contribution >= 0.6 is 10.8 Å². The van der Waals surface area contributed by atoms with E-state index in [4.69, 9.17) is 0 Å². The largest absolute Gasteiger partial charge is 0.246 e. The third-order valence-corrected chi connectivity index (χ3v) is 8.48. The van der Waals surface area contributed by atoms with Crippen LogP contribution in [0.4, 0.5) is 0 Å². The van der Waals surface area contributed by atoms with Crippen molar-refractivity contribution >= 4 is 20.6 Å². The molecule has 1 saturated carbocycles. The monoisotopic (exact) mass is 204 g/mol. The van der Waals surface area contributed by atoms with E-state index in [1.165, 1.54) is 12.8 Å². The second kappa shape index (κ2) is 2.11. The standard InChI is InChI=1S/C9H16OS2/c1-7(2)5-6-8(3,4)9(7)11-12(9)10/h5-6H2,1-4H3. The van der Waals surface area contributed by atoms with Gasteiger partial charge in [-0.15, -0.1) is 0 Å². The third kappa shape index (κ3) is 0.796. The molecule has 12 heavy (non-hydrogen) atoms. The van der Waals surface area contributed by atoms with Crippen LogP contribution in [-0.2, 0) is 9.83 Å². The molecule has 0 N–H and O–H groups in total. The molecular weight excluding hydrogens is 188 g/mol. The lowest BCUT2D eigenvalue weighted by Gasteiger charge is -2.31. The summed E-state index contributed by atoms with van der Waals surface area (Å²) in [5.74, 6) is 0. The van der Waals surface area contributed by atoms with Crippen molar-refractivity contribution in [3.63, 3.8) is 0 Å². The average molecular weight is 204 g/mol. The molecule has 1 aliphatic heterocycles. The summed E-state index contributed by atoms with van der Waals surface area (Å²) < 4.78 is 11.7. The fourth-order valence-corrected chi connectivity index (χ4v) is 8.07. The molecule has 0 bridgehead atoms. The molecule has 0 aromatic carbocycles. The zero-order valence-electron chi connectivity index (χ0n) is 8.14. The minimum Gasteiger partial charge on any atom is -0.246 e. The maximum atomic E-state index is 11.6. The minimum atomic E-state index is -0.617. The maximum absolute atomic E-state index is 11.6. The van der Waals surface area contributed by atoms with Gasteiger partial charge in [0.25, 0.3) is 0 Å². The van der Waals surface area contributed by atoms with Gasteiger partial charge in [-0.25, -0.2) is 4.21 Å². The van der Waals surface area contributed by atoms with Crippen molar-refractivity contribution in [3.05, 3.63) is 0 Å². The van der Waals surface area contributed by atoms with Gasteiger partial charge in [0.2, 0.25) is 0 Å². The van der Waals surface area contributed by atoms with Crippen LogP contribution in [0.25, 0.3) is 0 Å². The molecule has 1 aliphatic carbocycles. The first kappa shape index (κ1) is 9.07. The molecule has 1 atom stereocenters. The second-order valence-electron chi connectivity index (χ2n) is 5.20. The quantitative estimate of drug-likeness (QED) is 0.446. The van der Waals surface area contributed by atoms with Crippen molar-refractivity contribution < 1.29 is 4.21 Å². The summed E-state index contributed by atoms with van der Waals surface area (Å²) in [5.41, 5.74) is 0.540. The van der Waals surface area contributed by atoms with Crippen molar-refractivity contribution in [3.8, 4) is 0 Å². The average Bonchev–Trinajstić information content (AvgIpc) is 2.56. The fourth-order valence-electron chi connectivity index (χ4n) is 2.64. The molecule has 70 valence electrons. The predicted octanol–water partition coefficient (Wildman–Crippen LogP) is 2.94. The first-order valence-corrected chi connectivity index (χ1v) is 6.93. The molecule has 3 heteroatoms. The molecule has 0 aromatic rings. The second-order valence-corrected chi connectivity index (χ2v) is 8.73. The summed E-state index contributed by atoms with van der Waals surface area (Å²) >= 11 is 0. The van der Waals surface area contributed by atoms with E-state index in [-0.39, 0.29) is 14.9 Å². The Bertz CT molecular complexity index is 239. The Balaban J connectivity index is 2.45. The molecule has 0 aromatic heterocycles. The van der Waals surface area contributed by atoms with Crippen LogP contribution in [-0.4, -0.2) is 8.29 Å². The zero-order chi connectivity index (χ0) is 9.20. The Labute approximate surface area is 80.5 Å². The van der Waals surface area contributed by atoms with Crippen LogP contribution in [0.2, 0.25) is 0 Å². The van der Waals surface area contributed by atoms with Crippen LogP contribution in [0.15, 0.2) is 0 Å². The summed E-state index contributed by atoms with van der Waals surface area (Å²) in [7, 11) is 1.07. The summed E-state index contributed by atoms with van der Waals surface area (Å²) in [6, 6.07) is 0. The van der Waals surface area contributed by atoms with Crippen molar-refractivity contribution in [2.75, 3.05) is 0 Å². The van der Waals surface area contributed by atoms with E-state index in [0.717, 1.165) is 0 Å². The van der Waals surface area contributed by atoms with Crippen LogP contribution in [0.1, 0.15) is 40.5 Å². The molecule has 1 saturated heterocycles. The van der Waals surface area contributed by atoms with Gasteiger partial charge >= 0.3 is 0 Å². The molecule has 1 heterocycles. The third-order valence-electron chi connectivity index (χ3n) is 3.56. The summed E-state index contributed by atoms with van der Waals surface area (Å²) in [4.78, 5) is 0. The Morgan fingerprint density at radius 1 is 1.08 bits per heavy atom. The topological polar surface area (TPSA) is 17.1 Å². The smallest absolute Gasteiger partial charge is 0.124 e. The Hall–Kier alpha value is 0.500. The molecule has 2 fully saturated rings. The van der Waals surface area contributed by atoms with Gasteiger partial charge in [-0.3, -0.25) is 0 Å². The van der Waals surface area contributed by atoms with Crippen LogP contribution in [0.5, 0.6) is 0 Å². The Kier molecular flexibility index (Phi) is 1.60. The molecule has 0 radical (unpaired) electrons. The van der Waals surface area contributed by atoms with Crippen LogP contribution in [0.3, 0.4) is 0 Å². The number of rotatable bonds is 0. The first-order valence-electron chi connectivity index (χ1n) is 4.45. The van der Waals surface area contributed by atoms with E-state index in [9.17, 15) is 4.21 Å².